The summed E-state index contributed by atoms with van der Waals surface area (Å²) in [5, 5.41) is 8.63. The van der Waals surface area contributed by atoms with E-state index in [0.29, 0.717) is 5.11 Å². The number of amides is 1. The number of carbonyl (C=O) groups excluding carboxylic acids is 1. The highest BCUT2D eigenvalue weighted by atomic mass is 32.1. The zero-order valence-electron chi connectivity index (χ0n) is 9.74. The maximum atomic E-state index is 11.0. The summed E-state index contributed by atoms with van der Waals surface area (Å²) >= 11 is 5.04. The average molecular weight is 253 g/mol. The lowest BCUT2D eigenvalue weighted by atomic mass is 10.3. The number of likely N-dealkylation sites (N-methyl/N-ethyl adjacent to an activating group) is 1. The summed E-state index contributed by atoms with van der Waals surface area (Å²) < 4.78 is 5.08. The van der Waals surface area contributed by atoms with Crippen LogP contribution in [0, 0.1) is 0 Å². The fraction of sp³-hybridized carbons (Fsp3) is 0.273. The molecule has 0 saturated carbocycles. The number of nitrogens with one attached hydrogen (secondary N) is 3. The predicted octanol–water partition coefficient (Wildman–Crippen LogP) is 0.728. The van der Waals surface area contributed by atoms with E-state index in [2.05, 4.69) is 16.0 Å². The second-order valence-corrected chi connectivity index (χ2v) is 3.62. The number of methoxy groups -OCH3 is 1. The van der Waals surface area contributed by atoms with Crippen molar-refractivity contribution >= 4 is 28.9 Å². The number of hydrogen-bond donors (Lipinski definition) is 3. The van der Waals surface area contributed by atoms with Crippen molar-refractivity contribution in [2.45, 2.75) is 0 Å². The molecule has 0 bridgehead atoms. The molecule has 5 nitrogen and oxygen atoms in total. The first-order valence-corrected chi connectivity index (χ1v) is 5.46. The van der Waals surface area contributed by atoms with Gasteiger partial charge in [0.25, 0.3) is 0 Å². The number of hydrogen-bond acceptors (Lipinski definition) is 3. The van der Waals surface area contributed by atoms with Gasteiger partial charge in [-0.2, -0.15) is 0 Å². The van der Waals surface area contributed by atoms with Crippen LogP contribution in [-0.4, -0.2) is 31.7 Å². The Kier molecular flexibility index (Phi) is 5.22. The van der Waals surface area contributed by atoms with Crippen molar-refractivity contribution in [3.8, 4) is 5.75 Å². The molecule has 0 radical (unpaired) electrons. The molecule has 1 amide bonds. The molecule has 6 heteroatoms. The highest BCUT2D eigenvalue weighted by Gasteiger charge is 2.01. The molecule has 0 aromatic heterocycles. The molecule has 0 unspecified atom stereocenters. The zero-order valence-corrected chi connectivity index (χ0v) is 10.6. The summed E-state index contributed by atoms with van der Waals surface area (Å²) in [6.45, 7) is 0.145. The van der Waals surface area contributed by atoms with E-state index in [1.807, 2.05) is 24.3 Å². The number of rotatable bonds is 4. The molecule has 3 N–H and O–H groups in total. The molecule has 0 heterocycles. The van der Waals surface area contributed by atoms with Crippen molar-refractivity contribution in [3.63, 3.8) is 0 Å². The number of carbonyl (C=O) groups is 1. The highest BCUT2D eigenvalue weighted by molar-refractivity contribution is 7.80. The van der Waals surface area contributed by atoms with E-state index in [0.717, 1.165) is 11.4 Å². The zero-order chi connectivity index (χ0) is 12.7. The van der Waals surface area contributed by atoms with Gasteiger partial charge in [-0.25, -0.2) is 0 Å². The van der Waals surface area contributed by atoms with Gasteiger partial charge >= 0.3 is 0 Å². The van der Waals surface area contributed by atoms with Crippen molar-refractivity contribution in [1.82, 2.24) is 10.6 Å². The first-order chi connectivity index (χ1) is 8.15. The number of benzene rings is 1. The van der Waals surface area contributed by atoms with Crippen LogP contribution in [0.15, 0.2) is 24.3 Å². The van der Waals surface area contributed by atoms with E-state index in [1.165, 1.54) is 0 Å². The Bertz CT molecular complexity index is 409. The lowest BCUT2D eigenvalue weighted by Gasteiger charge is -2.10. The summed E-state index contributed by atoms with van der Waals surface area (Å²) in [5.74, 6) is 0.615. The molecule has 0 aliphatic heterocycles. The van der Waals surface area contributed by atoms with Gasteiger partial charge in [0, 0.05) is 18.8 Å². The minimum Gasteiger partial charge on any atom is -0.497 e. The Labute approximate surface area is 106 Å². The molecule has 0 saturated heterocycles. The number of ether oxygens (including phenoxy) is 1. The molecular weight excluding hydrogens is 238 g/mol. The van der Waals surface area contributed by atoms with Gasteiger partial charge in [0.2, 0.25) is 5.91 Å². The van der Waals surface area contributed by atoms with Crippen LogP contribution in [0.2, 0.25) is 0 Å². The monoisotopic (exact) mass is 253 g/mol. The molecule has 17 heavy (non-hydrogen) atoms. The van der Waals surface area contributed by atoms with Crippen LogP contribution < -0.4 is 20.7 Å². The van der Waals surface area contributed by atoms with Crippen LogP contribution in [0.1, 0.15) is 0 Å². The van der Waals surface area contributed by atoms with Gasteiger partial charge in [-0.05, 0) is 24.4 Å². The van der Waals surface area contributed by atoms with Crippen LogP contribution in [-0.2, 0) is 4.79 Å². The van der Waals surface area contributed by atoms with Crippen molar-refractivity contribution in [3.05, 3.63) is 24.3 Å². The topological polar surface area (TPSA) is 62.4 Å². The lowest BCUT2D eigenvalue weighted by Crippen LogP contribution is -2.37. The lowest BCUT2D eigenvalue weighted by molar-refractivity contribution is -0.119. The molecule has 1 rings (SSSR count). The summed E-state index contributed by atoms with van der Waals surface area (Å²) in [6, 6.07) is 7.36. The number of anilines is 1. The van der Waals surface area contributed by atoms with E-state index < -0.39 is 0 Å². The molecule has 92 valence electrons. The quantitative estimate of drug-likeness (QED) is 0.690. The smallest absolute Gasteiger partial charge is 0.239 e. The normalized spacial score (nSPS) is 9.29. The molecule has 1 aromatic rings. The van der Waals surface area contributed by atoms with Gasteiger partial charge in [-0.15, -0.1) is 0 Å². The molecule has 0 aliphatic rings. The van der Waals surface area contributed by atoms with E-state index in [9.17, 15) is 4.79 Å². The van der Waals surface area contributed by atoms with Crippen LogP contribution in [0.4, 0.5) is 5.69 Å². The van der Waals surface area contributed by atoms with Crippen molar-refractivity contribution in [2.75, 3.05) is 26.0 Å². The first kappa shape index (κ1) is 13.2. The third kappa shape index (κ3) is 4.69. The van der Waals surface area contributed by atoms with Crippen LogP contribution in [0.5, 0.6) is 5.75 Å². The second-order valence-electron chi connectivity index (χ2n) is 3.21. The molecule has 0 atom stereocenters. The fourth-order valence-electron chi connectivity index (χ4n) is 1.13. The minimum absolute atomic E-state index is 0.125. The third-order valence-corrected chi connectivity index (χ3v) is 2.26. The van der Waals surface area contributed by atoms with Gasteiger partial charge < -0.3 is 20.7 Å². The van der Waals surface area contributed by atoms with Crippen LogP contribution in [0.3, 0.4) is 0 Å². The van der Waals surface area contributed by atoms with Gasteiger partial charge in [0.05, 0.1) is 13.7 Å². The second kappa shape index (κ2) is 6.70. The van der Waals surface area contributed by atoms with Crippen LogP contribution in [0.25, 0.3) is 0 Å². The standard InChI is InChI=1S/C11H15N3O2S/c1-12-10(15)7-13-11(17)14-8-4-3-5-9(6-8)16-2/h3-6H,7H2,1-2H3,(H,12,15)(H2,13,14,17). The van der Waals surface area contributed by atoms with Crippen molar-refractivity contribution in [1.29, 1.82) is 0 Å². The van der Waals surface area contributed by atoms with Gasteiger partial charge in [-0.1, -0.05) is 6.07 Å². The molecule has 0 aliphatic carbocycles. The molecule has 1 aromatic carbocycles. The van der Waals surface area contributed by atoms with Crippen LogP contribution >= 0.6 is 12.2 Å². The Hall–Kier alpha value is -1.82. The molecule has 0 spiro atoms. The van der Waals surface area contributed by atoms with Crippen molar-refractivity contribution < 1.29 is 9.53 Å². The highest BCUT2D eigenvalue weighted by Crippen LogP contribution is 2.16. The van der Waals surface area contributed by atoms with E-state index >= 15 is 0 Å². The molecular formula is C11H15N3O2S. The maximum absolute atomic E-state index is 11.0. The van der Waals surface area contributed by atoms with Gasteiger partial charge in [-0.3, -0.25) is 4.79 Å². The Morgan fingerprint density at radius 3 is 2.88 bits per heavy atom. The third-order valence-electron chi connectivity index (χ3n) is 2.02. The first-order valence-electron chi connectivity index (χ1n) is 5.05. The summed E-state index contributed by atoms with van der Waals surface area (Å²) in [7, 11) is 3.17. The van der Waals surface area contributed by atoms with Crippen molar-refractivity contribution in [2.24, 2.45) is 0 Å². The largest absolute Gasteiger partial charge is 0.497 e. The van der Waals surface area contributed by atoms with Gasteiger partial charge in [0.1, 0.15) is 5.75 Å². The van der Waals surface area contributed by atoms with E-state index in [4.69, 9.17) is 17.0 Å². The summed E-state index contributed by atoms with van der Waals surface area (Å²) in [6.07, 6.45) is 0. The van der Waals surface area contributed by atoms with E-state index in [-0.39, 0.29) is 12.5 Å². The SMILES string of the molecule is CNC(=O)CNC(=S)Nc1cccc(OC)c1. The Balaban J connectivity index is 2.47. The maximum Gasteiger partial charge on any atom is 0.239 e. The fourth-order valence-corrected chi connectivity index (χ4v) is 1.32. The molecule has 0 fully saturated rings. The van der Waals surface area contributed by atoms with E-state index in [1.54, 1.807) is 14.2 Å². The predicted molar refractivity (Wildman–Crippen MR) is 71.3 cm³/mol. The average Bonchev–Trinajstić information content (AvgIpc) is 2.36. The Morgan fingerprint density at radius 1 is 1.47 bits per heavy atom. The van der Waals surface area contributed by atoms with Gasteiger partial charge in [0.15, 0.2) is 5.11 Å². The summed E-state index contributed by atoms with van der Waals surface area (Å²) in [5.41, 5.74) is 0.804. The minimum atomic E-state index is -0.125. The summed E-state index contributed by atoms with van der Waals surface area (Å²) in [4.78, 5) is 11.0. The Morgan fingerprint density at radius 2 is 2.24 bits per heavy atom. The number of thiocarbonyl (C=S) groups is 1.